The number of nitrogens with zero attached hydrogens (tertiary/aromatic N) is 4. The average molecular weight is 437 g/mol. The molecule has 2 aromatic carbocycles. The van der Waals surface area contributed by atoms with Gasteiger partial charge in [-0.3, -0.25) is 4.57 Å². The lowest BCUT2D eigenvalue weighted by molar-refractivity contribution is 0.0656. The molecule has 2 aromatic heterocycles. The summed E-state index contributed by atoms with van der Waals surface area (Å²) >= 11 is 4.56. The van der Waals surface area contributed by atoms with E-state index in [1.54, 1.807) is 24.3 Å². The zero-order valence-electron chi connectivity index (χ0n) is 13.1. The van der Waals surface area contributed by atoms with Crippen LogP contribution in [0.5, 0.6) is 0 Å². The van der Waals surface area contributed by atoms with Crippen molar-refractivity contribution in [3.05, 3.63) is 58.9 Å². The highest BCUT2D eigenvalue weighted by molar-refractivity contribution is 9.10. The number of alkyl halides is 2. The number of benzene rings is 2. The van der Waals surface area contributed by atoms with Gasteiger partial charge in [-0.1, -0.05) is 36.0 Å². The summed E-state index contributed by atoms with van der Waals surface area (Å²) in [6.07, 6.45) is 0. The van der Waals surface area contributed by atoms with Gasteiger partial charge in [0.2, 0.25) is 11.8 Å². The van der Waals surface area contributed by atoms with Gasteiger partial charge in [-0.05, 0) is 40.2 Å². The van der Waals surface area contributed by atoms with Crippen LogP contribution >= 0.6 is 27.7 Å². The molecule has 26 heavy (non-hydrogen) atoms. The number of fused-ring (bicyclic) bond motifs is 1. The number of para-hydroxylation sites is 2. The summed E-state index contributed by atoms with van der Waals surface area (Å²) in [7, 11) is 0. The van der Waals surface area contributed by atoms with Crippen LogP contribution < -0.4 is 0 Å². The van der Waals surface area contributed by atoms with Gasteiger partial charge in [-0.2, -0.15) is 8.78 Å². The first-order chi connectivity index (χ1) is 12.6. The molecule has 0 aliphatic carbocycles. The van der Waals surface area contributed by atoms with Gasteiger partial charge in [0, 0.05) is 4.47 Å². The molecule has 2 heterocycles. The molecule has 9 heteroatoms. The summed E-state index contributed by atoms with van der Waals surface area (Å²) in [4.78, 5) is 4.28. The van der Waals surface area contributed by atoms with Gasteiger partial charge < -0.3 is 4.42 Å². The van der Waals surface area contributed by atoms with Crippen molar-refractivity contribution in [3.8, 4) is 11.5 Å². The SMILES string of the molecule is FC(F)n1c(SCc2nnc(-c3ccccc3Br)o2)nc2ccccc21. The Kier molecular flexibility index (Phi) is 4.73. The first kappa shape index (κ1) is 17.2. The Balaban J connectivity index is 1.58. The van der Waals surface area contributed by atoms with E-state index in [4.69, 9.17) is 4.42 Å². The summed E-state index contributed by atoms with van der Waals surface area (Å²) in [5.74, 6) is 0.956. The molecule has 0 aliphatic heterocycles. The van der Waals surface area contributed by atoms with Crippen LogP contribution in [0.1, 0.15) is 12.4 Å². The number of aromatic nitrogens is 4. The van der Waals surface area contributed by atoms with Gasteiger partial charge in [0.05, 0.1) is 22.3 Å². The molecule has 0 amide bonds. The molecule has 0 unspecified atom stereocenters. The molecule has 0 saturated carbocycles. The normalized spacial score (nSPS) is 11.5. The predicted molar refractivity (Wildman–Crippen MR) is 98.0 cm³/mol. The number of rotatable bonds is 5. The van der Waals surface area contributed by atoms with Gasteiger partial charge in [-0.25, -0.2) is 4.98 Å². The van der Waals surface area contributed by atoms with Crippen molar-refractivity contribution in [1.29, 1.82) is 0 Å². The Hall–Kier alpha value is -2.26. The Morgan fingerprint density at radius 1 is 1.08 bits per heavy atom. The highest BCUT2D eigenvalue weighted by Gasteiger charge is 2.19. The minimum Gasteiger partial charge on any atom is -0.420 e. The third-order valence-electron chi connectivity index (χ3n) is 3.65. The molecular weight excluding hydrogens is 426 g/mol. The quantitative estimate of drug-likeness (QED) is 0.384. The second-order valence-corrected chi connectivity index (χ2v) is 7.10. The van der Waals surface area contributed by atoms with E-state index in [0.29, 0.717) is 22.8 Å². The lowest BCUT2D eigenvalue weighted by Crippen LogP contribution is -2.00. The molecule has 4 rings (SSSR count). The highest BCUT2D eigenvalue weighted by atomic mass is 79.9. The van der Waals surface area contributed by atoms with Gasteiger partial charge >= 0.3 is 6.55 Å². The van der Waals surface area contributed by atoms with Crippen molar-refractivity contribution in [2.24, 2.45) is 0 Å². The number of halogens is 3. The fourth-order valence-corrected chi connectivity index (χ4v) is 3.80. The topological polar surface area (TPSA) is 56.7 Å². The van der Waals surface area contributed by atoms with Crippen molar-refractivity contribution in [3.63, 3.8) is 0 Å². The van der Waals surface area contributed by atoms with Crippen molar-refractivity contribution < 1.29 is 13.2 Å². The minimum atomic E-state index is -2.68. The van der Waals surface area contributed by atoms with E-state index in [1.165, 1.54) is 0 Å². The Morgan fingerprint density at radius 3 is 2.65 bits per heavy atom. The van der Waals surface area contributed by atoms with Crippen molar-refractivity contribution in [1.82, 2.24) is 19.7 Å². The number of hydrogen-bond acceptors (Lipinski definition) is 5. The first-order valence-electron chi connectivity index (χ1n) is 7.58. The molecule has 0 radical (unpaired) electrons. The molecule has 0 atom stereocenters. The van der Waals surface area contributed by atoms with Crippen LogP contribution in [-0.2, 0) is 5.75 Å². The molecule has 0 fully saturated rings. The third-order valence-corrected chi connectivity index (χ3v) is 5.28. The van der Waals surface area contributed by atoms with Crippen LogP contribution in [0.4, 0.5) is 8.78 Å². The van der Waals surface area contributed by atoms with Gasteiger partial charge in [0.15, 0.2) is 5.16 Å². The van der Waals surface area contributed by atoms with Crippen LogP contribution in [0.2, 0.25) is 0 Å². The van der Waals surface area contributed by atoms with Crippen LogP contribution in [0, 0.1) is 0 Å². The van der Waals surface area contributed by atoms with E-state index in [2.05, 4.69) is 31.1 Å². The number of hydrogen-bond donors (Lipinski definition) is 0. The summed E-state index contributed by atoms with van der Waals surface area (Å²) in [5, 5.41) is 8.23. The summed E-state index contributed by atoms with van der Waals surface area (Å²) in [5.41, 5.74) is 1.69. The van der Waals surface area contributed by atoms with Crippen LogP contribution in [0.25, 0.3) is 22.5 Å². The maximum Gasteiger partial charge on any atom is 0.321 e. The van der Waals surface area contributed by atoms with E-state index >= 15 is 0 Å². The van der Waals surface area contributed by atoms with E-state index in [-0.39, 0.29) is 10.9 Å². The molecule has 0 bridgehead atoms. The first-order valence-corrected chi connectivity index (χ1v) is 9.36. The van der Waals surface area contributed by atoms with Gasteiger partial charge in [0.25, 0.3) is 0 Å². The Bertz CT molecular complexity index is 1070. The van der Waals surface area contributed by atoms with Crippen LogP contribution in [0.3, 0.4) is 0 Å². The molecule has 4 aromatic rings. The smallest absolute Gasteiger partial charge is 0.321 e. The summed E-state index contributed by atoms with van der Waals surface area (Å²) in [6.45, 7) is -2.68. The second kappa shape index (κ2) is 7.16. The second-order valence-electron chi connectivity index (χ2n) is 5.30. The molecule has 0 N–H and O–H groups in total. The average Bonchev–Trinajstić information content (AvgIpc) is 3.24. The van der Waals surface area contributed by atoms with Crippen LogP contribution in [-0.4, -0.2) is 19.7 Å². The maximum atomic E-state index is 13.4. The van der Waals surface area contributed by atoms with E-state index < -0.39 is 6.55 Å². The Morgan fingerprint density at radius 2 is 1.85 bits per heavy atom. The van der Waals surface area contributed by atoms with Crippen molar-refractivity contribution in [2.45, 2.75) is 17.5 Å². The standard InChI is InChI=1S/C17H11BrF2N4OS/c18-11-6-2-1-5-10(11)15-23-22-14(25-15)9-26-17-21-12-7-3-4-8-13(12)24(17)16(19)20/h1-8,16H,9H2. The van der Waals surface area contributed by atoms with Crippen LogP contribution in [0.15, 0.2) is 62.6 Å². The fourth-order valence-electron chi connectivity index (χ4n) is 2.49. The summed E-state index contributed by atoms with van der Waals surface area (Å²) < 4.78 is 34.3. The maximum absolute atomic E-state index is 13.4. The lowest BCUT2D eigenvalue weighted by Gasteiger charge is -2.05. The zero-order chi connectivity index (χ0) is 18.1. The third kappa shape index (κ3) is 3.24. The molecule has 0 aliphatic rings. The fraction of sp³-hybridized carbons (Fsp3) is 0.118. The highest BCUT2D eigenvalue weighted by Crippen LogP contribution is 2.32. The van der Waals surface area contributed by atoms with Crippen molar-refractivity contribution in [2.75, 3.05) is 0 Å². The molecule has 0 spiro atoms. The molecule has 132 valence electrons. The monoisotopic (exact) mass is 436 g/mol. The zero-order valence-corrected chi connectivity index (χ0v) is 15.5. The minimum absolute atomic E-state index is 0.210. The molecule has 0 saturated heterocycles. The van der Waals surface area contributed by atoms with E-state index in [0.717, 1.165) is 26.4 Å². The van der Waals surface area contributed by atoms with Gasteiger partial charge in [0.1, 0.15) is 0 Å². The van der Waals surface area contributed by atoms with Crippen molar-refractivity contribution >= 4 is 38.7 Å². The molecule has 5 nitrogen and oxygen atoms in total. The van der Waals surface area contributed by atoms with Gasteiger partial charge in [-0.15, -0.1) is 10.2 Å². The largest absolute Gasteiger partial charge is 0.420 e. The lowest BCUT2D eigenvalue weighted by atomic mass is 10.2. The van der Waals surface area contributed by atoms with E-state index in [1.807, 2.05) is 24.3 Å². The summed E-state index contributed by atoms with van der Waals surface area (Å²) in [6, 6.07) is 14.3. The number of thioether (sulfide) groups is 1. The molecular formula is C17H11BrF2N4OS. The number of imidazole rings is 1. The van der Waals surface area contributed by atoms with E-state index in [9.17, 15) is 8.78 Å². The predicted octanol–water partition coefficient (Wildman–Crippen LogP) is 5.54. The Labute approximate surface area is 159 Å².